The highest BCUT2D eigenvalue weighted by molar-refractivity contribution is 14.1. The maximum Gasteiger partial charge on any atom is 0.390 e. The summed E-state index contributed by atoms with van der Waals surface area (Å²) in [7, 11) is -4.17. The van der Waals surface area contributed by atoms with Crippen LogP contribution in [0.25, 0.3) is 0 Å². The molecule has 2 N–H and O–H groups in total. The third kappa shape index (κ3) is 4.90. The Balaban J connectivity index is 2.93. The van der Waals surface area contributed by atoms with Crippen LogP contribution < -0.4 is 4.72 Å². The second-order valence-corrected chi connectivity index (χ2v) is 6.64. The van der Waals surface area contributed by atoms with Crippen molar-refractivity contribution in [1.82, 2.24) is 4.72 Å². The molecule has 5 nitrogen and oxygen atoms in total. The first-order valence-corrected chi connectivity index (χ1v) is 7.68. The van der Waals surface area contributed by atoms with E-state index in [4.69, 9.17) is 5.11 Å². The van der Waals surface area contributed by atoms with Gasteiger partial charge in [0.1, 0.15) is 0 Å². The molecule has 10 heteroatoms. The second-order valence-electron chi connectivity index (χ2n) is 3.71. The minimum atomic E-state index is -4.47. The van der Waals surface area contributed by atoms with Crippen molar-refractivity contribution in [1.29, 1.82) is 0 Å². The predicted octanol–water partition coefficient (Wildman–Crippen LogP) is 2.22. The highest BCUT2D eigenvalue weighted by atomic mass is 127. The molecule has 0 aliphatic carbocycles. The lowest BCUT2D eigenvalue weighted by Gasteiger charge is -2.09. The highest BCUT2D eigenvalue weighted by Gasteiger charge is 2.27. The molecule has 0 fully saturated rings. The normalized spacial score (nSPS) is 12.4. The van der Waals surface area contributed by atoms with E-state index in [1.54, 1.807) is 27.3 Å². The Morgan fingerprint density at radius 3 is 2.45 bits per heavy atom. The summed E-state index contributed by atoms with van der Waals surface area (Å²) >= 11 is 1.71. The van der Waals surface area contributed by atoms with E-state index in [1.165, 1.54) is 6.07 Å². The summed E-state index contributed by atoms with van der Waals surface area (Å²) in [5.41, 5.74) is -0.232. The molecule has 0 unspecified atom stereocenters. The molecule has 0 saturated heterocycles. The van der Waals surface area contributed by atoms with E-state index < -0.39 is 40.0 Å². The first-order valence-electron chi connectivity index (χ1n) is 5.12. The summed E-state index contributed by atoms with van der Waals surface area (Å²) in [6.45, 7) is -0.805. The van der Waals surface area contributed by atoms with Gasteiger partial charge in [0.2, 0.25) is 10.0 Å². The van der Waals surface area contributed by atoms with Gasteiger partial charge in [0.25, 0.3) is 0 Å². The summed E-state index contributed by atoms with van der Waals surface area (Å²) in [4.78, 5) is 10.5. The van der Waals surface area contributed by atoms with E-state index in [1.807, 2.05) is 0 Å². The number of benzene rings is 1. The van der Waals surface area contributed by atoms with Gasteiger partial charge in [-0.15, -0.1) is 0 Å². The monoisotopic (exact) mass is 423 g/mol. The number of carboxylic acid groups (broad SMARTS) is 1. The number of carboxylic acids is 1. The highest BCUT2D eigenvalue weighted by Crippen LogP contribution is 2.20. The zero-order valence-corrected chi connectivity index (χ0v) is 12.7. The lowest BCUT2D eigenvalue weighted by molar-refractivity contribution is -0.132. The third-order valence-electron chi connectivity index (χ3n) is 2.18. The predicted molar refractivity (Wildman–Crippen MR) is 72.0 cm³/mol. The molecule has 0 atom stereocenters. The number of carbonyl (C=O) groups is 1. The van der Waals surface area contributed by atoms with E-state index in [0.717, 1.165) is 12.1 Å². The summed E-state index contributed by atoms with van der Waals surface area (Å²) in [6.07, 6.45) is -5.77. The molecular formula is C10H9F3INO4S. The number of sulfonamides is 1. The fourth-order valence-corrected chi connectivity index (χ4v) is 2.87. The molecule has 0 spiro atoms. The van der Waals surface area contributed by atoms with Crippen LogP contribution in [0.1, 0.15) is 16.8 Å². The maximum absolute atomic E-state index is 11.9. The Kier molecular flexibility index (Phi) is 5.38. The van der Waals surface area contributed by atoms with Crippen molar-refractivity contribution in [2.24, 2.45) is 0 Å². The topological polar surface area (TPSA) is 83.5 Å². The second kappa shape index (κ2) is 6.26. The molecule has 0 aromatic heterocycles. The van der Waals surface area contributed by atoms with Crippen LogP contribution in [0.15, 0.2) is 23.1 Å². The number of halogens is 4. The van der Waals surface area contributed by atoms with E-state index in [0.29, 0.717) is 3.57 Å². The number of aromatic carboxylic acids is 1. The van der Waals surface area contributed by atoms with Crippen LogP contribution in [-0.2, 0) is 10.0 Å². The average molecular weight is 423 g/mol. The van der Waals surface area contributed by atoms with Crippen molar-refractivity contribution in [3.8, 4) is 0 Å². The van der Waals surface area contributed by atoms with Crippen molar-refractivity contribution >= 4 is 38.6 Å². The van der Waals surface area contributed by atoms with Gasteiger partial charge in [0.05, 0.1) is 16.9 Å². The molecular weight excluding hydrogens is 414 g/mol. The van der Waals surface area contributed by atoms with E-state index in [9.17, 15) is 26.4 Å². The minimum Gasteiger partial charge on any atom is -0.478 e. The van der Waals surface area contributed by atoms with Gasteiger partial charge in [-0.3, -0.25) is 0 Å². The molecule has 0 amide bonds. The SMILES string of the molecule is O=C(O)c1cc(S(=O)(=O)NCCC(F)(F)F)ccc1I. The summed E-state index contributed by atoms with van der Waals surface area (Å²) in [6, 6.07) is 3.30. The minimum absolute atomic E-state index is 0.232. The van der Waals surface area contributed by atoms with Crippen molar-refractivity contribution in [2.75, 3.05) is 6.54 Å². The maximum atomic E-state index is 11.9. The number of hydrogen-bond acceptors (Lipinski definition) is 3. The largest absolute Gasteiger partial charge is 0.478 e. The van der Waals surface area contributed by atoms with Gasteiger partial charge < -0.3 is 5.11 Å². The molecule has 0 radical (unpaired) electrons. The first-order chi connectivity index (χ1) is 9.03. The molecule has 0 bridgehead atoms. The van der Waals surface area contributed by atoms with Crippen LogP contribution >= 0.6 is 22.6 Å². The Labute approximate surface area is 126 Å². The van der Waals surface area contributed by atoms with Gasteiger partial charge in [-0.1, -0.05) is 0 Å². The zero-order chi connectivity index (χ0) is 15.6. The molecule has 0 aliphatic rings. The van der Waals surface area contributed by atoms with Gasteiger partial charge in [-0.2, -0.15) is 13.2 Å². The van der Waals surface area contributed by atoms with Crippen LogP contribution in [0.4, 0.5) is 13.2 Å². The summed E-state index contributed by atoms with van der Waals surface area (Å²) in [5.74, 6) is -1.32. The van der Waals surface area contributed by atoms with Crippen molar-refractivity contribution < 1.29 is 31.5 Å². The molecule has 0 saturated carbocycles. The summed E-state index contributed by atoms with van der Waals surface area (Å²) in [5, 5.41) is 8.87. The van der Waals surface area contributed by atoms with Gasteiger partial charge >= 0.3 is 12.1 Å². The van der Waals surface area contributed by atoms with Crippen LogP contribution in [-0.4, -0.2) is 32.2 Å². The number of alkyl halides is 3. The van der Waals surface area contributed by atoms with Gasteiger partial charge in [0.15, 0.2) is 0 Å². The Morgan fingerprint density at radius 1 is 1.35 bits per heavy atom. The standard InChI is InChI=1S/C10H9F3INO4S/c11-10(12,13)3-4-15-20(18,19)6-1-2-8(14)7(5-6)9(16)17/h1-2,5,15H,3-4H2,(H,16,17). The number of rotatable bonds is 5. The first kappa shape index (κ1) is 17.2. The van der Waals surface area contributed by atoms with Gasteiger partial charge in [0, 0.05) is 10.1 Å². The quantitative estimate of drug-likeness (QED) is 0.712. The molecule has 1 aromatic carbocycles. The molecule has 0 aliphatic heterocycles. The molecule has 112 valence electrons. The number of nitrogens with one attached hydrogen (secondary N) is 1. The zero-order valence-electron chi connectivity index (χ0n) is 9.74. The van der Waals surface area contributed by atoms with Crippen molar-refractivity contribution in [3.63, 3.8) is 0 Å². The van der Waals surface area contributed by atoms with Crippen molar-refractivity contribution in [2.45, 2.75) is 17.5 Å². The summed E-state index contributed by atoms with van der Waals surface area (Å²) < 4.78 is 61.4. The molecule has 1 aromatic rings. The van der Waals surface area contributed by atoms with E-state index >= 15 is 0 Å². The Morgan fingerprint density at radius 2 is 1.95 bits per heavy atom. The fourth-order valence-electron chi connectivity index (χ4n) is 1.25. The third-order valence-corrected chi connectivity index (χ3v) is 4.58. The lowest BCUT2D eigenvalue weighted by Crippen LogP contribution is -2.28. The van der Waals surface area contributed by atoms with Crippen LogP contribution in [0.5, 0.6) is 0 Å². The molecule has 0 heterocycles. The van der Waals surface area contributed by atoms with E-state index in [2.05, 4.69) is 0 Å². The smallest absolute Gasteiger partial charge is 0.390 e. The van der Waals surface area contributed by atoms with Gasteiger partial charge in [-0.25, -0.2) is 17.9 Å². The van der Waals surface area contributed by atoms with Crippen LogP contribution in [0.3, 0.4) is 0 Å². The van der Waals surface area contributed by atoms with Crippen LogP contribution in [0.2, 0.25) is 0 Å². The van der Waals surface area contributed by atoms with Gasteiger partial charge in [-0.05, 0) is 40.8 Å². The van der Waals surface area contributed by atoms with Crippen LogP contribution in [0, 0.1) is 3.57 Å². The fraction of sp³-hybridized carbons (Fsp3) is 0.300. The average Bonchev–Trinajstić information content (AvgIpc) is 2.26. The Bertz CT molecular complexity index is 615. The Hall–Kier alpha value is -0.880. The lowest BCUT2D eigenvalue weighted by atomic mass is 10.2. The molecule has 20 heavy (non-hydrogen) atoms. The molecule has 1 rings (SSSR count). The van der Waals surface area contributed by atoms with E-state index in [-0.39, 0.29) is 5.56 Å². The van der Waals surface area contributed by atoms with Crippen molar-refractivity contribution in [3.05, 3.63) is 27.3 Å². The number of hydrogen-bond donors (Lipinski definition) is 2.